The Morgan fingerprint density at radius 1 is 0.513 bits per heavy atom. The summed E-state index contributed by atoms with van der Waals surface area (Å²) in [7, 11) is 0. The van der Waals surface area contributed by atoms with Crippen molar-refractivity contribution in [3.05, 3.63) is 85.1 Å². The van der Waals surface area contributed by atoms with Crippen LogP contribution >= 0.6 is 0 Å². The highest BCUT2D eigenvalue weighted by molar-refractivity contribution is 5.80. The van der Waals surface area contributed by atoms with Crippen molar-refractivity contribution in [3.63, 3.8) is 0 Å². The second-order valence-corrected chi connectivity index (χ2v) is 21.8. The molecule has 1 aliphatic rings. The lowest BCUT2D eigenvalue weighted by atomic mass is 9.99. The van der Waals surface area contributed by atoms with Gasteiger partial charge in [-0.2, -0.15) is 0 Å². The van der Waals surface area contributed by atoms with Crippen LogP contribution in [0.5, 0.6) is 0 Å². The van der Waals surface area contributed by atoms with Gasteiger partial charge in [-0.15, -0.1) is 0 Å². The maximum absolute atomic E-state index is 13.4. The van der Waals surface area contributed by atoms with Crippen LogP contribution in [-0.2, 0) is 23.8 Å². The maximum Gasteiger partial charge on any atom is 0.306 e. The van der Waals surface area contributed by atoms with E-state index in [0.717, 1.165) is 109 Å². The molecule has 0 aromatic rings. The zero-order valence-electron chi connectivity index (χ0n) is 49.8. The first-order chi connectivity index (χ1) is 38.2. The Morgan fingerprint density at radius 3 is 1.38 bits per heavy atom. The highest BCUT2D eigenvalue weighted by Crippen LogP contribution is 2.26. The summed E-state index contributed by atoms with van der Waals surface area (Å²) in [5.74, 6) is -1.21. The van der Waals surface area contributed by atoms with Crippen LogP contribution in [0.2, 0.25) is 0 Å². The van der Waals surface area contributed by atoms with Crippen molar-refractivity contribution >= 4 is 11.9 Å². The van der Waals surface area contributed by atoms with E-state index in [1.807, 2.05) is 6.08 Å². The molecule has 0 saturated carbocycles. The van der Waals surface area contributed by atoms with Crippen molar-refractivity contribution in [2.24, 2.45) is 0 Å². The highest BCUT2D eigenvalue weighted by Gasteiger charge is 2.47. The minimum Gasteiger partial charge on any atom is -0.454 e. The molecule has 11 nitrogen and oxygen atoms in total. The number of hydrogen-bond acceptors (Lipinski definition) is 10. The Balaban J connectivity index is 2.66. The lowest BCUT2D eigenvalue weighted by Gasteiger charge is -2.41. The summed E-state index contributed by atoms with van der Waals surface area (Å²) < 4.78 is 17.6. The minimum absolute atomic E-state index is 0.122. The monoisotopic (exact) mass is 1100 g/mol. The number of unbranched alkanes of at least 4 members (excludes halogenated alkanes) is 27. The summed E-state index contributed by atoms with van der Waals surface area (Å²) in [6.07, 6.45) is 60.5. The van der Waals surface area contributed by atoms with Crippen molar-refractivity contribution in [1.82, 2.24) is 5.32 Å². The lowest BCUT2D eigenvalue weighted by molar-refractivity contribution is -0.305. The number of hydrogen-bond donors (Lipinski definition) is 6. The molecule has 450 valence electrons. The Kier molecular flexibility index (Phi) is 50.8. The molecule has 1 fully saturated rings. The molecule has 1 rings (SSSR count). The first kappa shape index (κ1) is 72.9. The van der Waals surface area contributed by atoms with E-state index < -0.39 is 67.4 Å². The van der Waals surface area contributed by atoms with Crippen molar-refractivity contribution in [2.75, 3.05) is 13.2 Å². The molecule has 0 aromatic carbocycles. The van der Waals surface area contributed by atoms with Gasteiger partial charge in [0.25, 0.3) is 0 Å². The number of carbonyl (C=O) groups is 2. The summed E-state index contributed by atoms with van der Waals surface area (Å²) in [6.45, 7) is 5.66. The number of allylic oxidation sites excluding steroid dienone is 13. The molecule has 1 amide bonds. The third kappa shape index (κ3) is 41.8. The van der Waals surface area contributed by atoms with Crippen LogP contribution in [0, 0.1) is 0 Å². The standard InChI is InChI=1S/C67H117NO10/c1-4-7-10-13-16-19-22-25-26-27-28-29-30-31-32-33-34-35-37-39-42-45-48-51-54-60(71)66(75)68-58(59(70)53-50-47-44-41-38-24-21-18-15-12-9-6-3)57-76-67-65(64(74)63(73)61(56-69)77-67)78-62(72)55-52-49-46-43-40-36-23-20-17-14-11-8-5-2/h7,10,16,19,25-26,28-29,31-32,34-35,50,53,58-61,63-65,67,69-71,73-74H,4-6,8-9,11-15,17-18,20-24,27,30,33,36-49,51-52,54-57H2,1-3H3,(H,68,75)/b10-7-,19-16-,26-25-,29-28-,32-31-,35-34-,53-50+. The number of esters is 1. The fourth-order valence-electron chi connectivity index (χ4n) is 9.54. The van der Waals surface area contributed by atoms with Crippen LogP contribution in [0.1, 0.15) is 265 Å². The SMILES string of the molecule is CC/C=C\C/C=C\C/C=C\C/C=C\C/C=C\C/C=C\CCCCCCCC(O)C(=O)NC(COC1OC(CO)C(O)C(O)C1OC(=O)CCCCCCCCCCCCCCC)C(O)/C=C/CCCCCCCCCCCC. The van der Waals surface area contributed by atoms with Gasteiger partial charge in [-0.05, 0) is 77.0 Å². The topological polar surface area (TPSA) is 175 Å². The Hall–Kier alpha value is -3.16. The van der Waals surface area contributed by atoms with Gasteiger partial charge in [0.2, 0.25) is 5.91 Å². The summed E-state index contributed by atoms with van der Waals surface area (Å²) in [5.41, 5.74) is 0. The molecule has 8 atom stereocenters. The van der Waals surface area contributed by atoms with Gasteiger partial charge in [-0.3, -0.25) is 9.59 Å². The van der Waals surface area contributed by atoms with Crippen LogP contribution < -0.4 is 5.32 Å². The molecule has 0 aliphatic carbocycles. The zero-order valence-corrected chi connectivity index (χ0v) is 49.8. The molecule has 11 heteroatoms. The fraction of sp³-hybridized carbons (Fsp3) is 0.761. The number of aliphatic hydroxyl groups is 5. The second-order valence-electron chi connectivity index (χ2n) is 21.8. The molecule has 0 radical (unpaired) electrons. The van der Waals surface area contributed by atoms with Gasteiger partial charge in [0.15, 0.2) is 12.4 Å². The number of ether oxygens (including phenoxy) is 3. The van der Waals surface area contributed by atoms with Crippen molar-refractivity contribution in [2.45, 2.75) is 314 Å². The first-order valence-corrected chi connectivity index (χ1v) is 31.9. The van der Waals surface area contributed by atoms with Gasteiger partial charge in [0, 0.05) is 6.42 Å². The van der Waals surface area contributed by atoms with E-state index in [-0.39, 0.29) is 19.4 Å². The molecular weight excluding hydrogens is 979 g/mol. The van der Waals surface area contributed by atoms with E-state index in [1.165, 1.54) is 109 Å². The van der Waals surface area contributed by atoms with Crippen LogP contribution in [0.4, 0.5) is 0 Å². The van der Waals surface area contributed by atoms with Crippen LogP contribution in [0.15, 0.2) is 85.1 Å². The summed E-state index contributed by atoms with van der Waals surface area (Å²) >= 11 is 0. The summed E-state index contributed by atoms with van der Waals surface area (Å²) in [6, 6.07) is -1.03. The third-order valence-corrected chi connectivity index (χ3v) is 14.6. The normalized spacial score (nSPS) is 19.5. The Bertz CT molecular complexity index is 1590. The van der Waals surface area contributed by atoms with E-state index in [0.29, 0.717) is 12.8 Å². The largest absolute Gasteiger partial charge is 0.454 e. The van der Waals surface area contributed by atoms with Crippen molar-refractivity contribution in [3.8, 4) is 0 Å². The smallest absolute Gasteiger partial charge is 0.306 e. The van der Waals surface area contributed by atoms with Gasteiger partial charge < -0.3 is 45.1 Å². The Morgan fingerprint density at radius 2 is 0.923 bits per heavy atom. The van der Waals surface area contributed by atoms with Crippen LogP contribution in [0.3, 0.4) is 0 Å². The molecule has 0 spiro atoms. The number of carbonyl (C=O) groups excluding carboxylic acids is 2. The number of nitrogens with one attached hydrogen (secondary N) is 1. The first-order valence-electron chi connectivity index (χ1n) is 31.9. The van der Waals surface area contributed by atoms with Gasteiger partial charge in [-0.25, -0.2) is 0 Å². The van der Waals surface area contributed by atoms with Crippen LogP contribution in [0.25, 0.3) is 0 Å². The summed E-state index contributed by atoms with van der Waals surface area (Å²) in [5, 5.41) is 57.0. The average molecular weight is 1100 g/mol. The van der Waals surface area contributed by atoms with Gasteiger partial charge >= 0.3 is 5.97 Å². The van der Waals surface area contributed by atoms with Gasteiger partial charge in [0.1, 0.15) is 24.4 Å². The number of amides is 1. The van der Waals surface area contributed by atoms with Crippen molar-refractivity contribution < 1.29 is 49.3 Å². The molecule has 0 aromatic heterocycles. The van der Waals surface area contributed by atoms with E-state index >= 15 is 0 Å². The van der Waals surface area contributed by atoms with E-state index in [9.17, 15) is 35.1 Å². The quantitative estimate of drug-likeness (QED) is 0.0195. The number of rotatable bonds is 53. The molecule has 8 unspecified atom stereocenters. The fourth-order valence-corrected chi connectivity index (χ4v) is 9.54. The van der Waals surface area contributed by atoms with E-state index in [4.69, 9.17) is 14.2 Å². The molecule has 1 heterocycles. The predicted octanol–water partition coefficient (Wildman–Crippen LogP) is 15.3. The maximum atomic E-state index is 13.4. The van der Waals surface area contributed by atoms with E-state index in [1.54, 1.807) is 6.08 Å². The molecule has 1 saturated heterocycles. The zero-order chi connectivity index (χ0) is 56.8. The molecular formula is C67H117NO10. The molecule has 1 aliphatic heterocycles. The third-order valence-electron chi connectivity index (χ3n) is 14.6. The predicted molar refractivity (Wildman–Crippen MR) is 324 cm³/mol. The lowest BCUT2D eigenvalue weighted by Crippen LogP contribution is -2.61. The summed E-state index contributed by atoms with van der Waals surface area (Å²) in [4.78, 5) is 26.5. The number of aliphatic hydroxyl groups excluding tert-OH is 5. The highest BCUT2D eigenvalue weighted by atomic mass is 16.7. The van der Waals surface area contributed by atoms with Crippen molar-refractivity contribution in [1.29, 1.82) is 0 Å². The minimum atomic E-state index is -1.62. The van der Waals surface area contributed by atoms with Gasteiger partial charge in [0.05, 0.1) is 25.4 Å². The molecule has 0 bridgehead atoms. The van der Waals surface area contributed by atoms with Crippen LogP contribution in [-0.4, -0.2) is 99.6 Å². The van der Waals surface area contributed by atoms with E-state index in [2.05, 4.69) is 99.0 Å². The second kappa shape index (κ2) is 54.4. The Labute approximate surface area is 476 Å². The average Bonchev–Trinajstić information content (AvgIpc) is 3.45. The van der Waals surface area contributed by atoms with Gasteiger partial charge in [-0.1, -0.05) is 266 Å². The molecule has 6 N–H and O–H groups in total. The molecule has 78 heavy (non-hydrogen) atoms.